The fourth-order valence-corrected chi connectivity index (χ4v) is 3.08. The molecule has 3 rings (SSSR count). The highest BCUT2D eigenvalue weighted by atomic mass is 19.1. The Hall–Kier alpha value is -3.60. The molecule has 1 atom stereocenters. The van der Waals surface area contributed by atoms with Crippen LogP contribution in [0.25, 0.3) is 16.7 Å². The molecule has 0 amide bonds. The lowest BCUT2D eigenvalue weighted by Crippen LogP contribution is -2.40. The molecule has 0 aromatic heterocycles. The van der Waals surface area contributed by atoms with Crippen molar-refractivity contribution >= 4 is 11.5 Å². The van der Waals surface area contributed by atoms with Gasteiger partial charge >= 0.3 is 5.97 Å². The molecule has 4 nitrogen and oxygen atoms in total. The van der Waals surface area contributed by atoms with E-state index in [1.165, 1.54) is 12.1 Å². The lowest BCUT2D eigenvalue weighted by Gasteiger charge is -2.24. The molecule has 5 heteroatoms. The van der Waals surface area contributed by atoms with Crippen LogP contribution in [0.3, 0.4) is 0 Å². The van der Waals surface area contributed by atoms with E-state index in [0.29, 0.717) is 24.5 Å². The maximum atomic E-state index is 13.1. The number of carboxylic acid groups (broad SMARTS) is 1. The Labute approximate surface area is 187 Å². The highest BCUT2D eigenvalue weighted by Gasteiger charge is 2.33. The maximum absolute atomic E-state index is 13.1. The Balaban J connectivity index is 1.57. The third kappa shape index (κ3) is 5.76. The highest BCUT2D eigenvalue weighted by molar-refractivity contribution is 5.77. The molecule has 0 bridgehead atoms. The average molecular weight is 435 g/mol. The second kappa shape index (κ2) is 10.1. The molecular weight excluding hydrogens is 407 g/mol. The summed E-state index contributed by atoms with van der Waals surface area (Å²) in [6, 6.07) is 21.5. The second-order valence-electron chi connectivity index (χ2n) is 7.75. The van der Waals surface area contributed by atoms with E-state index in [1.54, 1.807) is 50.2 Å². The molecular formula is C27H27FO4. The molecule has 3 aromatic rings. The minimum Gasteiger partial charge on any atom is -0.490 e. The molecule has 0 radical (unpaired) electrons. The van der Waals surface area contributed by atoms with Gasteiger partial charge < -0.3 is 14.6 Å². The third-order valence-corrected chi connectivity index (χ3v) is 5.45. The summed E-state index contributed by atoms with van der Waals surface area (Å²) >= 11 is 0. The summed E-state index contributed by atoms with van der Waals surface area (Å²) in [4.78, 5) is 11.4. The summed E-state index contributed by atoms with van der Waals surface area (Å²) in [5, 5.41) is 9.32. The van der Waals surface area contributed by atoms with Gasteiger partial charge in [-0.1, -0.05) is 43.3 Å². The monoisotopic (exact) mass is 434 g/mol. The Morgan fingerprint density at radius 2 is 1.47 bits per heavy atom. The summed E-state index contributed by atoms with van der Waals surface area (Å²) < 4.78 is 24.5. The van der Waals surface area contributed by atoms with Gasteiger partial charge in [-0.3, -0.25) is 0 Å². The van der Waals surface area contributed by atoms with E-state index in [2.05, 4.69) is 0 Å². The quantitative estimate of drug-likeness (QED) is 0.412. The smallest absolute Gasteiger partial charge is 0.347 e. The number of carbonyl (C=O) groups is 1. The number of rotatable bonds is 9. The van der Waals surface area contributed by atoms with Crippen molar-refractivity contribution in [2.45, 2.75) is 32.8 Å². The Morgan fingerprint density at radius 3 is 2.00 bits per heavy atom. The molecule has 0 fully saturated rings. The van der Waals surface area contributed by atoms with Gasteiger partial charge in [-0.25, -0.2) is 9.18 Å². The number of halogens is 1. The molecule has 0 saturated heterocycles. The zero-order valence-corrected chi connectivity index (χ0v) is 18.5. The molecule has 0 heterocycles. The molecule has 166 valence electrons. The standard InChI is InChI=1S/C27H27FO4/c1-4-27(3,26(29)30)32-25-15-13-24(14-16-25)31-18-17-19(2)20-5-7-21(8-6-20)22-9-11-23(28)12-10-22/h5-17H,4,18H2,1-3H3,(H,29,30). The lowest BCUT2D eigenvalue weighted by molar-refractivity contribution is -0.154. The van der Waals surface area contributed by atoms with Crippen LogP contribution in [-0.2, 0) is 4.79 Å². The zero-order valence-electron chi connectivity index (χ0n) is 18.5. The SMILES string of the molecule is CCC(C)(Oc1ccc(OCC=C(C)c2ccc(-c3ccc(F)cc3)cc2)cc1)C(=O)O. The number of aliphatic carboxylic acids is 1. The molecule has 1 unspecified atom stereocenters. The Bertz CT molecular complexity index is 1070. The van der Waals surface area contributed by atoms with Crippen LogP contribution in [0.4, 0.5) is 4.39 Å². The Morgan fingerprint density at radius 1 is 0.938 bits per heavy atom. The first-order valence-electron chi connectivity index (χ1n) is 10.5. The first-order chi connectivity index (χ1) is 15.3. The highest BCUT2D eigenvalue weighted by Crippen LogP contribution is 2.25. The summed E-state index contributed by atoms with van der Waals surface area (Å²) in [5.41, 5.74) is 2.90. The lowest BCUT2D eigenvalue weighted by atomic mass is 10.0. The van der Waals surface area contributed by atoms with Crippen molar-refractivity contribution in [3.63, 3.8) is 0 Å². The van der Waals surface area contributed by atoms with Gasteiger partial charge in [-0.2, -0.15) is 0 Å². The van der Waals surface area contributed by atoms with Gasteiger partial charge in [0.1, 0.15) is 23.9 Å². The molecule has 0 saturated carbocycles. The van der Waals surface area contributed by atoms with Gasteiger partial charge in [0.2, 0.25) is 5.60 Å². The molecule has 1 N–H and O–H groups in total. The van der Waals surface area contributed by atoms with Crippen LogP contribution in [-0.4, -0.2) is 23.3 Å². The number of allylic oxidation sites excluding steroid dienone is 1. The average Bonchev–Trinajstić information content (AvgIpc) is 2.80. The predicted octanol–water partition coefficient (Wildman–Crippen LogP) is 6.61. The van der Waals surface area contributed by atoms with Gasteiger partial charge in [0.15, 0.2) is 0 Å². The number of benzene rings is 3. The van der Waals surface area contributed by atoms with E-state index >= 15 is 0 Å². The van der Waals surface area contributed by atoms with Gasteiger partial charge in [-0.05, 0) is 85.0 Å². The first kappa shape index (κ1) is 23.1. The van der Waals surface area contributed by atoms with Gasteiger partial charge in [0, 0.05) is 0 Å². The molecule has 0 aliphatic rings. The number of hydrogen-bond acceptors (Lipinski definition) is 3. The fourth-order valence-electron chi connectivity index (χ4n) is 3.08. The van der Waals surface area contributed by atoms with Crippen LogP contribution in [0.2, 0.25) is 0 Å². The maximum Gasteiger partial charge on any atom is 0.347 e. The van der Waals surface area contributed by atoms with Crippen molar-refractivity contribution in [1.29, 1.82) is 0 Å². The van der Waals surface area contributed by atoms with E-state index < -0.39 is 11.6 Å². The molecule has 3 aromatic carbocycles. The van der Waals surface area contributed by atoms with Gasteiger partial charge in [-0.15, -0.1) is 0 Å². The van der Waals surface area contributed by atoms with Crippen molar-refractivity contribution in [2.75, 3.05) is 6.61 Å². The van der Waals surface area contributed by atoms with Crippen molar-refractivity contribution in [3.05, 3.63) is 90.3 Å². The molecule has 0 aliphatic heterocycles. The minimum atomic E-state index is -1.26. The minimum absolute atomic E-state index is 0.244. The summed E-state index contributed by atoms with van der Waals surface area (Å²) in [6.07, 6.45) is 2.35. The van der Waals surface area contributed by atoms with Crippen LogP contribution >= 0.6 is 0 Å². The fraction of sp³-hybridized carbons (Fsp3) is 0.222. The summed E-state index contributed by atoms with van der Waals surface area (Å²) in [7, 11) is 0. The van der Waals surface area contributed by atoms with Crippen LogP contribution in [0, 0.1) is 5.82 Å². The normalized spacial score (nSPS) is 13.3. The number of carboxylic acids is 1. The largest absolute Gasteiger partial charge is 0.490 e. The van der Waals surface area contributed by atoms with Gasteiger partial charge in [0.05, 0.1) is 0 Å². The predicted molar refractivity (Wildman–Crippen MR) is 124 cm³/mol. The third-order valence-electron chi connectivity index (χ3n) is 5.45. The van der Waals surface area contributed by atoms with Crippen molar-refractivity contribution < 1.29 is 23.8 Å². The molecule has 32 heavy (non-hydrogen) atoms. The number of ether oxygens (including phenoxy) is 2. The van der Waals surface area contributed by atoms with E-state index in [-0.39, 0.29) is 5.82 Å². The van der Waals surface area contributed by atoms with E-state index in [1.807, 2.05) is 37.3 Å². The van der Waals surface area contributed by atoms with Gasteiger partial charge in [0.25, 0.3) is 0 Å². The van der Waals surface area contributed by atoms with Crippen molar-refractivity contribution in [3.8, 4) is 22.6 Å². The van der Waals surface area contributed by atoms with Crippen LogP contribution in [0.1, 0.15) is 32.8 Å². The molecule has 0 spiro atoms. The van der Waals surface area contributed by atoms with Crippen molar-refractivity contribution in [2.24, 2.45) is 0 Å². The van der Waals surface area contributed by atoms with Crippen molar-refractivity contribution in [1.82, 2.24) is 0 Å². The number of hydrogen-bond donors (Lipinski definition) is 1. The summed E-state index contributed by atoms with van der Waals surface area (Å²) in [5.74, 6) is -0.0868. The summed E-state index contributed by atoms with van der Waals surface area (Å²) in [6.45, 7) is 5.74. The van der Waals surface area contributed by atoms with E-state index in [4.69, 9.17) is 9.47 Å². The first-order valence-corrected chi connectivity index (χ1v) is 10.5. The zero-order chi connectivity index (χ0) is 23.1. The molecule has 0 aliphatic carbocycles. The second-order valence-corrected chi connectivity index (χ2v) is 7.75. The van der Waals surface area contributed by atoms with Crippen LogP contribution in [0.15, 0.2) is 78.9 Å². The topological polar surface area (TPSA) is 55.8 Å². The van der Waals surface area contributed by atoms with Crippen LogP contribution in [0.5, 0.6) is 11.5 Å². The van der Waals surface area contributed by atoms with E-state index in [0.717, 1.165) is 22.3 Å². The van der Waals surface area contributed by atoms with Crippen LogP contribution < -0.4 is 9.47 Å². The Kier molecular flexibility index (Phi) is 7.31. The van der Waals surface area contributed by atoms with E-state index in [9.17, 15) is 14.3 Å².